The molecule has 0 aliphatic rings. The molecule has 2 atom stereocenters. The Morgan fingerprint density at radius 3 is 2.00 bits per heavy atom. The molecule has 0 spiro atoms. The van der Waals surface area contributed by atoms with Gasteiger partial charge in [-0.1, -0.05) is 27.7 Å². The van der Waals surface area contributed by atoms with E-state index in [4.69, 9.17) is 11.6 Å². The molecule has 106 valence electrons. The van der Waals surface area contributed by atoms with E-state index >= 15 is 0 Å². The van der Waals surface area contributed by atoms with E-state index in [0.717, 1.165) is 0 Å². The van der Waals surface area contributed by atoms with E-state index in [1.54, 1.807) is 0 Å². The van der Waals surface area contributed by atoms with Crippen molar-refractivity contribution in [3.8, 4) is 0 Å². The van der Waals surface area contributed by atoms with Gasteiger partial charge in [0.2, 0.25) is 5.91 Å². The van der Waals surface area contributed by atoms with Gasteiger partial charge in [-0.2, -0.15) is 5.90 Å². The lowest BCUT2D eigenvalue weighted by atomic mass is 10.0. The predicted octanol–water partition coefficient (Wildman–Crippen LogP) is 0.308. The average molecular weight is 259 g/mol. The molecule has 0 aromatic carbocycles. The molecule has 6 nitrogen and oxygen atoms in total. The minimum atomic E-state index is -0.735. The van der Waals surface area contributed by atoms with Crippen molar-refractivity contribution >= 4 is 11.9 Å². The second-order valence-electron chi connectivity index (χ2n) is 5.36. The largest absolute Gasteiger partial charge is 0.372 e. The number of rotatable bonds is 7. The summed E-state index contributed by atoms with van der Waals surface area (Å²) < 4.78 is 0. The van der Waals surface area contributed by atoms with Crippen LogP contribution >= 0.6 is 0 Å². The van der Waals surface area contributed by atoms with Crippen LogP contribution in [0.2, 0.25) is 0 Å². The van der Waals surface area contributed by atoms with Crippen molar-refractivity contribution in [3.63, 3.8) is 0 Å². The predicted molar refractivity (Wildman–Crippen MR) is 69.1 cm³/mol. The first-order valence-corrected chi connectivity index (χ1v) is 6.24. The minimum Gasteiger partial charge on any atom is -0.372 e. The number of hydrogen-bond acceptors (Lipinski definition) is 5. The van der Waals surface area contributed by atoms with Gasteiger partial charge in [0.25, 0.3) is 0 Å². The molecule has 0 aliphatic carbocycles. The molecule has 0 aromatic rings. The summed E-state index contributed by atoms with van der Waals surface area (Å²) >= 11 is 0. The molecule has 0 aliphatic heterocycles. The molecule has 18 heavy (non-hydrogen) atoms. The van der Waals surface area contributed by atoms with Gasteiger partial charge in [0.15, 0.2) is 0 Å². The highest BCUT2D eigenvalue weighted by Gasteiger charge is 2.25. The molecule has 0 saturated heterocycles. The van der Waals surface area contributed by atoms with Gasteiger partial charge in [-0.25, -0.2) is 4.79 Å². The Morgan fingerprint density at radius 1 is 1.11 bits per heavy atom. The summed E-state index contributed by atoms with van der Waals surface area (Å²) in [4.78, 5) is 27.4. The maximum Gasteiger partial charge on any atom is 0.347 e. The van der Waals surface area contributed by atoms with Gasteiger partial charge in [0.1, 0.15) is 6.04 Å². The van der Waals surface area contributed by atoms with Crippen LogP contribution < -0.4 is 16.9 Å². The summed E-state index contributed by atoms with van der Waals surface area (Å²) in [6, 6.07) is -1.36. The molecule has 2 unspecified atom stereocenters. The number of nitrogens with one attached hydrogen (secondary N) is 1. The van der Waals surface area contributed by atoms with E-state index in [1.165, 1.54) is 0 Å². The van der Waals surface area contributed by atoms with Crippen molar-refractivity contribution < 1.29 is 14.4 Å². The van der Waals surface area contributed by atoms with Crippen LogP contribution in [0.25, 0.3) is 0 Å². The monoisotopic (exact) mass is 259 g/mol. The molecule has 0 saturated carbocycles. The molecule has 0 rings (SSSR count). The third kappa shape index (κ3) is 6.56. The Bertz CT molecular complexity index is 280. The van der Waals surface area contributed by atoms with Crippen LogP contribution in [-0.4, -0.2) is 24.0 Å². The van der Waals surface area contributed by atoms with Gasteiger partial charge in [-0.05, 0) is 24.7 Å². The SMILES string of the molecule is CC(C)CC(N)C(=O)NC(CC(C)C)C(=O)ON. The standard InChI is InChI=1S/C12H25N3O3/c1-7(2)5-9(13)11(16)15-10(6-8(3)4)12(17)18-14/h7-10H,5-6,13-14H2,1-4H3,(H,15,16). The highest BCUT2D eigenvalue weighted by Crippen LogP contribution is 2.08. The third-order valence-corrected chi connectivity index (χ3v) is 2.49. The zero-order chi connectivity index (χ0) is 14.3. The van der Waals surface area contributed by atoms with Crippen molar-refractivity contribution in [2.75, 3.05) is 0 Å². The Morgan fingerprint density at radius 2 is 1.61 bits per heavy atom. The molecule has 0 aromatic heterocycles. The summed E-state index contributed by atoms with van der Waals surface area (Å²) in [5, 5.41) is 2.59. The lowest BCUT2D eigenvalue weighted by Crippen LogP contribution is -2.50. The Labute approximate surface area is 108 Å². The topological polar surface area (TPSA) is 107 Å². The summed E-state index contributed by atoms with van der Waals surface area (Å²) in [5.74, 6) is 4.40. The second-order valence-corrected chi connectivity index (χ2v) is 5.36. The molecular formula is C12H25N3O3. The van der Waals surface area contributed by atoms with E-state index in [-0.39, 0.29) is 11.8 Å². The minimum absolute atomic E-state index is 0.232. The number of nitrogens with two attached hydrogens (primary N) is 2. The summed E-state index contributed by atoms with van der Waals surface area (Å²) in [6.45, 7) is 7.84. The smallest absolute Gasteiger partial charge is 0.347 e. The van der Waals surface area contributed by atoms with E-state index in [1.807, 2.05) is 27.7 Å². The van der Waals surface area contributed by atoms with Crippen molar-refractivity contribution in [1.82, 2.24) is 5.32 Å². The lowest BCUT2D eigenvalue weighted by molar-refractivity contribution is -0.149. The molecule has 0 fully saturated rings. The number of carbonyl (C=O) groups excluding carboxylic acids is 2. The molecule has 1 amide bonds. The van der Waals surface area contributed by atoms with E-state index in [2.05, 4.69) is 10.2 Å². The average Bonchev–Trinajstić information content (AvgIpc) is 2.25. The van der Waals surface area contributed by atoms with Crippen molar-refractivity contribution in [2.45, 2.75) is 52.6 Å². The van der Waals surface area contributed by atoms with Crippen LogP contribution in [0.15, 0.2) is 0 Å². The molecular weight excluding hydrogens is 234 g/mol. The number of hydrogen-bond donors (Lipinski definition) is 3. The van der Waals surface area contributed by atoms with Crippen LogP contribution in [0.3, 0.4) is 0 Å². The normalized spacial score (nSPS) is 14.4. The van der Waals surface area contributed by atoms with Crippen LogP contribution in [0.4, 0.5) is 0 Å². The Hall–Kier alpha value is -1.14. The molecule has 0 bridgehead atoms. The fraction of sp³-hybridized carbons (Fsp3) is 0.833. The van der Waals surface area contributed by atoms with Crippen molar-refractivity contribution in [3.05, 3.63) is 0 Å². The maximum atomic E-state index is 11.8. The van der Waals surface area contributed by atoms with Crippen molar-refractivity contribution in [1.29, 1.82) is 0 Å². The summed E-state index contributed by atoms with van der Waals surface area (Å²) in [5.41, 5.74) is 5.74. The molecule has 0 radical (unpaired) electrons. The Kier molecular flexibility index (Phi) is 7.54. The quantitative estimate of drug-likeness (QED) is 0.570. The molecule has 6 heteroatoms. The van der Waals surface area contributed by atoms with Gasteiger partial charge in [-0.15, -0.1) is 0 Å². The van der Waals surface area contributed by atoms with Crippen LogP contribution in [-0.2, 0) is 14.4 Å². The van der Waals surface area contributed by atoms with E-state index in [0.29, 0.717) is 18.8 Å². The number of carbonyl (C=O) groups is 2. The van der Waals surface area contributed by atoms with Gasteiger partial charge in [0.05, 0.1) is 6.04 Å². The molecule has 0 heterocycles. The van der Waals surface area contributed by atoms with Gasteiger partial charge in [-0.3, -0.25) is 4.79 Å². The second kappa shape index (κ2) is 8.05. The fourth-order valence-corrected chi connectivity index (χ4v) is 1.66. The number of amides is 1. The summed E-state index contributed by atoms with van der Waals surface area (Å²) in [6.07, 6.45) is 1.04. The maximum absolute atomic E-state index is 11.8. The van der Waals surface area contributed by atoms with Crippen LogP contribution in [0, 0.1) is 11.8 Å². The fourth-order valence-electron chi connectivity index (χ4n) is 1.66. The van der Waals surface area contributed by atoms with Crippen LogP contribution in [0.1, 0.15) is 40.5 Å². The van der Waals surface area contributed by atoms with E-state index in [9.17, 15) is 9.59 Å². The first-order valence-electron chi connectivity index (χ1n) is 6.24. The summed E-state index contributed by atoms with van der Waals surface area (Å²) in [7, 11) is 0. The first-order chi connectivity index (χ1) is 8.27. The molecule has 5 N–H and O–H groups in total. The zero-order valence-corrected chi connectivity index (χ0v) is 11.6. The van der Waals surface area contributed by atoms with Gasteiger partial charge in [0, 0.05) is 0 Å². The highest BCUT2D eigenvalue weighted by molar-refractivity contribution is 5.87. The lowest BCUT2D eigenvalue weighted by Gasteiger charge is -2.20. The first kappa shape index (κ1) is 16.9. The zero-order valence-electron chi connectivity index (χ0n) is 11.6. The third-order valence-electron chi connectivity index (χ3n) is 2.49. The van der Waals surface area contributed by atoms with E-state index < -0.39 is 18.1 Å². The van der Waals surface area contributed by atoms with Crippen molar-refractivity contribution in [2.24, 2.45) is 23.5 Å². The highest BCUT2D eigenvalue weighted by atomic mass is 16.7. The van der Waals surface area contributed by atoms with Gasteiger partial charge < -0.3 is 15.9 Å². The Balaban J connectivity index is 4.47. The van der Waals surface area contributed by atoms with Gasteiger partial charge >= 0.3 is 5.97 Å². The van der Waals surface area contributed by atoms with Crippen LogP contribution in [0.5, 0.6) is 0 Å².